The molecule has 0 spiro atoms. The summed E-state index contributed by atoms with van der Waals surface area (Å²) in [5, 5.41) is 2.95. The second kappa shape index (κ2) is 4.28. The predicted molar refractivity (Wildman–Crippen MR) is 56.4 cm³/mol. The Labute approximate surface area is 85.8 Å². The zero-order chi connectivity index (χ0) is 9.80. The van der Waals surface area contributed by atoms with Gasteiger partial charge in [0.25, 0.3) is 0 Å². The molecular weight excluding hydrogens is 196 g/mol. The zero-order valence-electron chi connectivity index (χ0n) is 7.47. The van der Waals surface area contributed by atoms with Crippen molar-refractivity contribution in [1.82, 2.24) is 15.4 Å². The predicted octanol–water partition coefficient (Wildman–Crippen LogP) is 1.17. The van der Waals surface area contributed by atoms with Crippen LogP contribution in [0.4, 0.5) is 0 Å². The number of aromatic nitrogens is 2. The van der Waals surface area contributed by atoms with Gasteiger partial charge in [0.05, 0.1) is 17.9 Å². The van der Waals surface area contributed by atoms with E-state index in [4.69, 9.17) is 5.84 Å². The highest BCUT2D eigenvalue weighted by Gasteiger charge is 2.03. The van der Waals surface area contributed by atoms with Crippen LogP contribution in [0.5, 0.6) is 0 Å². The lowest BCUT2D eigenvalue weighted by Gasteiger charge is -1.93. The molecule has 0 saturated heterocycles. The van der Waals surface area contributed by atoms with Gasteiger partial charge in [-0.05, 0) is 12.1 Å². The van der Waals surface area contributed by atoms with Gasteiger partial charge in [0, 0.05) is 11.6 Å². The summed E-state index contributed by atoms with van der Waals surface area (Å²) in [6, 6.07) is 5.77. The molecule has 0 unspecified atom stereocenters. The molecule has 2 rings (SSSR count). The number of nitrogens with two attached hydrogens (primary N) is 1. The summed E-state index contributed by atoms with van der Waals surface area (Å²) < 4.78 is 0. The lowest BCUT2D eigenvalue weighted by molar-refractivity contribution is 0.737. The molecule has 4 nitrogen and oxygen atoms in total. The Morgan fingerprint density at radius 1 is 1.36 bits per heavy atom. The van der Waals surface area contributed by atoms with Gasteiger partial charge in [-0.25, -0.2) is 4.98 Å². The normalized spacial score (nSPS) is 10.4. The second-order valence-electron chi connectivity index (χ2n) is 2.72. The standard InChI is InChI=1S/C9H10N4S/c10-12-5-9-13-8(6-14-9)7-3-1-2-4-11-7/h1-4,6,12H,5,10H2. The number of pyridine rings is 1. The maximum atomic E-state index is 5.21. The quantitative estimate of drug-likeness (QED) is 0.584. The summed E-state index contributed by atoms with van der Waals surface area (Å²) in [5.74, 6) is 5.21. The molecule has 0 amide bonds. The molecule has 0 bridgehead atoms. The molecule has 72 valence electrons. The van der Waals surface area contributed by atoms with Crippen LogP contribution in [0, 0.1) is 0 Å². The molecule has 0 saturated carbocycles. The summed E-state index contributed by atoms with van der Waals surface area (Å²) >= 11 is 1.58. The monoisotopic (exact) mass is 206 g/mol. The maximum absolute atomic E-state index is 5.21. The van der Waals surface area contributed by atoms with Gasteiger partial charge in [-0.1, -0.05) is 6.07 Å². The SMILES string of the molecule is NNCc1nc(-c2ccccn2)cs1. The third-order valence-corrected chi connectivity index (χ3v) is 2.58. The van der Waals surface area contributed by atoms with Gasteiger partial charge < -0.3 is 0 Å². The molecule has 0 aliphatic carbocycles. The Hall–Kier alpha value is -1.30. The first-order valence-electron chi connectivity index (χ1n) is 4.19. The summed E-state index contributed by atoms with van der Waals surface area (Å²) in [6.45, 7) is 0.595. The van der Waals surface area contributed by atoms with Crippen molar-refractivity contribution >= 4 is 11.3 Å². The van der Waals surface area contributed by atoms with Crippen LogP contribution in [-0.4, -0.2) is 9.97 Å². The van der Waals surface area contributed by atoms with Gasteiger partial charge in [0.15, 0.2) is 0 Å². The molecule has 0 radical (unpaired) electrons. The van der Waals surface area contributed by atoms with E-state index in [1.807, 2.05) is 23.6 Å². The first-order chi connectivity index (χ1) is 6.90. The van der Waals surface area contributed by atoms with Crippen LogP contribution in [0.2, 0.25) is 0 Å². The third kappa shape index (κ3) is 1.95. The first kappa shape index (κ1) is 9.26. The van der Waals surface area contributed by atoms with Crippen molar-refractivity contribution in [3.63, 3.8) is 0 Å². The van der Waals surface area contributed by atoms with Crippen LogP contribution in [0.25, 0.3) is 11.4 Å². The van der Waals surface area contributed by atoms with Crippen LogP contribution in [0.3, 0.4) is 0 Å². The summed E-state index contributed by atoms with van der Waals surface area (Å²) in [7, 11) is 0. The molecule has 0 aliphatic rings. The van der Waals surface area contributed by atoms with Crippen molar-refractivity contribution in [2.45, 2.75) is 6.54 Å². The van der Waals surface area contributed by atoms with E-state index >= 15 is 0 Å². The Morgan fingerprint density at radius 3 is 3.00 bits per heavy atom. The summed E-state index contributed by atoms with van der Waals surface area (Å²) in [5.41, 5.74) is 4.38. The minimum atomic E-state index is 0.595. The summed E-state index contributed by atoms with van der Waals surface area (Å²) in [4.78, 5) is 8.60. The fraction of sp³-hybridized carbons (Fsp3) is 0.111. The largest absolute Gasteiger partial charge is 0.271 e. The van der Waals surface area contributed by atoms with Crippen LogP contribution in [0.1, 0.15) is 5.01 Å². The minimum absolute atomic E-state index is 0.595. The van der Waals surface area contributed by atoms with Crippen molar-refractivity contribution in [3.8, 4) is 11.4 Å². The number of hydrogen-bond donors (Lipinski definition) is 2. The van der Waals surface area contributed by atoms with Crippen LogP contribution in [-0.2, 0) is 6.54 Å². The van der Waals surface area contributed by atoms with Crippen molar-refractivity contribution in [1.29, 1.82) is 0 Å². The molecule has 3 N–H and O–H groups in total. The number of hydrazine groups is 1. The molecule has 0 aliphatic heterocycles. The van der Waals surface area contributed by atoms with E-state index in [-0.39, 0.29) is 0 Å². The van der Waals surface area contributed by atoms with E-state index in [1.165, 1.54) is 0 Å². The van der Waals surface area contributed by atoms with Crippen molar-refractivity contribution in [2.24, 2.45) is 5.84 Å². The van der Waals surface area contributed by atoms with E-state index in [0.717, 1.165) is 16.4 Å². The molecular formula is C9H10N4S. The smallest absolute Gasteiger partial charge is 0.109 e. The van der Waals surface area contributed by atoms with Gasteiger partial charge >= 0.3 is 0 Å². The molecule has 2 aromatic rings. The Balaban J connectivity index is 2.25. The van der Waals surface area contributed by atoms with E-state index in [9.17, 15) is 0 Å². The Kier molecular flexibility index (Phi) is 2.83. The molecule has 0 atom stereocenters. The average Bonchev–Trinajstić information content (AvgIpc) is 2.68. The number of nitrogens with zero attached hydrogens (tertiary/aromatic N) is 2. The van der Waals surface area contributed by atoms with Crippen LogP contribution < -0.4 is 11.3 Å². The van der Waals surface area contributed by atoms with E-state index < -0.39 is 0 Å². The van der Waals surface area contributed by atoms with Crippen molar-refractivity contribution in [3.05, 3.63) is 34.8 Å². The highest BCUT2D eigenvalue weighted by atomic mass is 32.1. The first-order valence-corrected chi connectivity index (χ1v) is 5.07. The molecule has 5 heteroatoms. The zero-order valence-corrected chi connectivity index (χ0v) is 8.29. The average molecular weight is 206 g/mol. The highest BCUT2D eigenvalue weighted by molar-refractivity contribution is 7.09. The summed E-state index contributed by atoms with van der Waals surface area (Å²) in [6.07, 6.45) is 1.76. The van der Waals surface area contributed by atoms with Gasteiger partial charge in [0.2, 0.25) is 0 Å². The van der Waals surface area contributed by atoms with Crippen LogP contribution in [0.15, 0.2) is 29.8 Å². The van der Waals surface area contributed by atoms with E-state index in [1.54, 1.807) is 17.5 Å². The van der Waals surface area contributed by atoms with Gasteiger partial charge in [-0.2, -0.15) is 0 Å². The molecule has 0 fully saturated rings. The highest BCUT2D eigenvalue weighted by Crippen LogP contribution is 2.19. The van der Waals surface area contributed by atoms with Crippen LogP contribution >= 0.6 is 11.3 Å². The fourth-order valence-electron chi connectivity index (χ4n) is 1.11. The molecule has 0 aromatic carbocycles. The fourth-order valence-corrected chi connectivity index (χ4v) is 1.85. The van der Waals surface area contributed by atoms with Gasteiger partial charge in [0.1, 0.15) is 5.01 Å². The lowest BCUT2D eigenvalue weighted by atomic mass is 10.3. The molecule has 2 heterocycles. The second-order valence-corrected chi connectivity index (χ2v) is 3.67. The Bertz CT molecular complexity index is 398. The lowest BCUT2D eigenvalue weighted by Crippen LogP contribution is -2.20. The van der Waals surface area contributed by atoms with Crippen molar-refractivity contribution in [2.75, 3.05) is 0 Å². The number of nitrogens with one attached hydrogen (secondary N) is 1. The van der Waals surface area contributed by atoms with Gasteiger partial charge in [-0.3, -0.25) is 16.3 Å². The Morgan fingerprint density at radius 2 is 2.29 bits per heavy atom. The number of hydrogen-bond acceptors (Lipinski definition) is 5. The third-order valence-electron chi connectivity index (χ3n) is 1.73. The minimum Gasteiger partial charge on any atom is -0.271 e. The van der Waals surface area contributed by atoms with Crippen molar-refractivity contribution < 1.29 is 0 Å². The number of thiazole rings is 1. The van der Waals surface area contributed by atoms with E-state index in [2.05, 4.69) is 15.4 Å². The molecule has 14 heavy (non-hydrogen) atoms. The van der Waals surface area contributed by atoms with Gasteiger partial charge in [-0.15, -0.1) is 11.3 Å². The maximum Gasteiger partial charge on any atom is 0.109 e. The topological polar surface area (TPSA) is 63.8 Å². The van der Waals surface area contributed by atoms with E-state index in [0.29, 0.717) is 6.54 Å². The molecule has 2 aromatic heterocycles. The number of rotatable bonds is 3.